The second-order valence-electron chi connectivity index (χ2n) is 4.00. The Bertz CT molecular complexity index is 437. The highest BCUT2D eigenvalue weighted by Gasteiger charge is 2.19. The molecule has 0 fully saturated rings. The number of para-hydroxylation sites is 1. The Morgan fingerprint density at radius 2 is 2.18 bits per heavy atom. The zero-order chi connectivity index (χ0) is 12.8. The number of hydrogen-bond donors (Lipinski definition) is 1. The van der Waals surface area contributed by atoms with Gasteiger partial charge in [0.2, 0.25) is 5.91 Å². The van der Waals surface area contributed by atoms with Gasteiger partial charge in [0.25, 0.3) is 0 Å². The highest BCUT2D eigenvalue weighted by atomic mass is 16.2. The van der Waals surface area contributed by atoms with Gasteiger partial charge in [0.05, 0.1) is 11.3 Å². The molecule has 0 spiro atoms. The monoisotopic (exact) mass is 231 g/mol. The average molecular weight is 231 g/mol. The van der Waals surface area contributed by atoms with Crippen LogP contribution in [0.5, 0.6) is 0 Å². The van der Waals surface area contributed by atoms with Crippen LogP contribution in [0.2, 0.25) is 0 Å². The first-order valence-corrected chi connectivity index (χ1v) is 5.58. The fourth-order valence-electron chi connectivity index (χ4n) is 1.68. The lowest BCUT2D eigenvalue weighted by Gasteiger charge is -2.22. The number of carbonyl (C=O) groups is 1. The summed E-state index contributed by atoms with van der Waals surface area (Å²) in [5.41, 5.74) is 6.58. The first kappa shape index (κ1) is 13.2. The van der Waals surface area contributed by atoms with Crippen molar-refractivity contribution in [3.8, 4) is 6.07 Å². The van der Waals surface area contributed by atoms with Gasteiger partial charge in [-0.15, -0.1) is 0 Å². The number of carbonyl (C=O) groups excluding carboxylic acids is 1. The summed E-state index contributed by atoms with van der Waals surface area (Å²) in [4.78, 5) is 13.6. The molecule has 1 atom stereocenters. The molecule has 4 heteroatoms. The van der Waals surface area contributed by atoms with Crippen molar-refractivity contribution in [3.63, 3.8) is 0 Å². The number of nitrogens with two attached hydrogens (primary N) is 1. The average Bonchev–Trinajstić information content (AvgIpc) is 2.37. The lowest BCUT2D eigenvalue weighted by Crippen LogP contribution is -2.33. The van der Waals surface area contributed by atoms with Gasteiger partial charge in [-0.25, -0.2) is 0 Å². The van der Waals surface area contributed by atoms with Crippen molar-refractivity contribution in [1.82, 2.24) is 0 Å². The number of nitriles is 1. The largest absolute Gasteiger partial charge is 0.330 e. The fourth-order valence-corrected chi connectivity index (χ4v) is 1.68. The maximum absolute atomic E-state index is 12.1. The molecule has 0 aliphatic carbocycles. The van der Waals surface area contributed by atoms with Gasteiger partial charge in [-0.05, 0) is 25.1 Å². The molecule has 17 heavy (non-hydrogen) atoms. The molecule has 0 bridgehead atoms. The van der Waals surface area contributed by atoms with Gasteiger partial charge in [0, 0.05) is 13.0 Å². The summed E-state index contributed by atoms with van der Waals surface area (Å²) in [5, 5.41) is 8.98. The number of anilines is 1. The van der Waals surface area contributed by atoms with Crippen molar-refractivity contribution >= 4 is 11.6 Å². The molecule has 0 aliphatic heterocycles. The van der Waals surface area contributed by atoms with Crippen LogP contribution in [0.1, 0.15) is 18.9 Å². The predicted octanol–water partition coefficient (Wildman–Crippen LogP) is 1.51. The number of nitrogens with zero attached hydrogens (tertiary/aromatic N) is 2. The van der Waals surface area contributed by atoms with E-state index < -0.39 is 0 Å². The van der Waals surface area contributed by atoms with Crippen molar-refractivity contribution in [2.24, 2.45) is 11.7 Å². The molecule has 1 unspecified atom stereocenters. The molecule has 1 aromatic carbocycles. The zero-order valence-electron chi connectivity index (χ0n) is 10.2. The van der Waals surface area contributed by atoms with Gasteiger partial charge in [0.1, 0.15) is 6.07 Å². The molecule has 0 aromatic heterocycles. The highest BCUT2D eigenvalue weighted by molar-refractivity contribution is 5.95. The lowest BCUT2D eigenvalue weighted by atomic mass is 10.1. The van der Waals surface area contributed by atoms with Gasteiger partial charge in [-0.1, -0.05) is 19.1 Å². The minimum atomic E-state index is -0.128. The smallest absolute Gasteiger partial charge is 0.229 e. The van der Waals surface area contributed by atoms with Crippen molar-refractivity contribution in [3.05, 3.63) is 29.8 Å². The second kappa shape index (κ2) is 6.02. The van der Waals surface area contributed by atoms with E-state index in [1.54, 1.807) is 25.2 Å². The Morgan fingerprint density at radius 1 is 1.53 bits per heavy atom. The maximum atomic E-state index is 12.1. The van der Waals surface area contributed by atoms with E-state index in [0.29, 0.717) is 24.2 Å². The Labute approximate surface area is 102 Å². The summed E-state index contributed by atoms with van der Waals surface area (Å²) in [6.45, 7) is 2.33. The maximum Gasteiger partial charge on any atom is 0.229 e. The molecule has 1 aromatic rings. The molecule has 1 rings (SSSR count). The van der Waals surface area contributed by atoms with Crippen molar-refractivity contribution < 1.29 is 4.79 Å². The van der Waals surface area contributed by atoms with Crippen LogP contribution in [0, 0.1) is 17.2 Å². The minimum absolute atomic E-state index is 0.0156. The first-order valence-electron chi connectivity index (χ1n) is 5.58. The Hall–Kier alpha value is -1.86. The summed E-state index contributed by atoms with van der Waals surface area (Å²) in [5.74, 6) is -0.144. The molecule has 90 valence electrons. The van der Waals surface area contributed by atoms with Gasteiger partial charge in [-0.2, -0.15) is 5.26 Å². The zero-order valence-corrected chi connectivity index (χ0v) is 10.2. The van der Waals surface area contributed by atoms with E-state index in [1.807, 2.05) is 13.0 Å². The third-order valence-corrected chi connectivity index (χ3v) is 2.74. The molecule has 2 N–H and O–H groups in total. The normalized spacial score (nSPS) is 11.6. The number of rotatable bonds is 4. The third kappa shape index (κ3) is 3.05. The van der Waals surface area contributed by atoms with Crippen LogP contribution >= 0.6 is 0 Å². The molecular formula is C13H17N3O. The molecule has 0 aliphatic rings. The second-order valence-corrected chi connectivity index (χ2v) is 4.00. The Morgan fingerprint density at radius 3 is 2.76 bits per heavy atom. The van der Waals surface area contributed by atoms with Crippen LogP contribution in [-0.2, 0) is 4.79 Å². The van der Waals surface area contributed by atoms with Gasteiger partial charge in [0.15, 0.2) is 0 Å². The summed E-state index contributed by atoms with van der Waals surface area (Å²) >= 11 is 0. The third-order valence-electron chi connectivity index (χ3n) is 2.74. The summed E-state index contributed by atoms with van der Waals surface area (Å²) in [6, 6.07) is 9.15. The molecule has 4 nitrogen and oxygen atoms in total. The predicted molar refractivity (Wildman–Crippen MR) is 67.4 cm³/mol. The van der Waals surface area contributed by atoms with Gasteiger partial charge < -0.3 is 10.6 Å². The van der Waals surface area contributed by atoms with Gasteiger partial charge in [-0.3, -0.25) is 4.79 Å². The molecule has 0 radical (unpaired) electrons. The Balaban J connectivity index is 2.93. The summed E-state index contributed by atoms with van der Waals surface area (Å²) < 4.78 is 0. The van der Waals surface area contributed by atoms with E-state index in [0.717, 1.165) is 0 Å². The molecular weight excluding hydrogens is 214 g/mol. The van der Waals surface area contributed by atoms with E-state index in [1.165, 1.54) is 4.90 Å². The molecule has 0 saturated heterocycles. The highest BCUT2D eigenvalue weighted by Crippen LogP contribution is 2.20. The SMILES string of the molecule is CC(CCN)C(=O)N(C)c1ccccc1C#N. The van der Waals surface area contributed by atoms with E-state index in [9.17, 15) is 4.79 Å². The van der Waals surface area contributed by atoms with Crippen molar-refractivity contribution in [2.75, 3.05) is 18.5 Å². The van der Waals surface area contributed by atoms with Crippen LogP contribution in [0.15, 0.2) is 24.3 Å². The summed E-state index contributed by atoms with van der Waals surface area (Å²) in [6.07, 6.45) is 0.651. The Kier molecular flexibility index (Phi) is 4.68. The van der Waals surface area contributed by atoms with Crippen LogP contribution in [-0.4, -0.2) is 19.5 Å². The van der Waals surface area contributed by atoms with E-state index in [-0.39, 0.29) is 11.8 Å². The van der Waals surface area contributed by atoms with E-state index in [4.69, 9.17) is 11.0 Å². The summed E-state index contributed by atoms with van der Waals surface area (Å²) in [7, 11) is 1.69. The molecule has 0 saturated carbocycles. The molecule has 1 amide bonds. The number of benzene rings is 1. The van der Waals surface area contributed by atoms with Crippen LogP contribution in [0.4, 0.5) is 5.69 Å². The minimum Gasteiger partial charge on any atom is -0.330 e. The fraction of sp³-hybridized carbons (Fsp3) is 0.385. The lowest BCUT2D eigenvalue weighted by molar-refractivity contribution is -0.121. The quantitative estimate of drug-likeness (QED) is 0.853. The standard InChI is InChI=1S/C13H17N3O/c1-10(7-8-14)13(17)16(2)12-6-4-3-5-11(12)9-15/h3-6,10H,7-8,14H2,1-2H3. The van der Waals surface area contributed by atoms with Crippen molar-refractivity contribution in [2.45, 2.75) is 13.3 Å². The van der Waals surface area contributed by atoms with Crippen LogP contribution in [0.3, 0.4) is 0 Å². The number of hydrogen-bond acceptors (Lipinski definition) is 3. The van der Waals surface area contributed by atoms with Crippen LogP contribution in [0.25, 0.3) is 0 Å². The topological polar surface area (TPSA) is 70.1 Å². The van der Waals surface area contributed by atoms with E-state index >= 15 is 0 Å². The molecule has 0 heterocycles. The van der Waals surface area contributed by atoms with E-state index in [2.05, 4.69) is 6.07 Å². The first-order chi connectivity index (χ1) is 8.11. The van der Waals surface area contributed by atoms with Gasteiger partial charge >= 0.3 is 0 Å². The number of amides is 1. The van der Waals surface area contributed by atoms with Crippen molar-refractivity contribution in [1.29, 1.82) is 5.26 Å². The van der Waals surface area contributed by atoms with Crippen LogP contribution < -0.4 is 10.6 Å².